The van der Waals surface area contributed by atoms with Crippen LogP contribution in [0.4, 0.5) is 0 Å². The molecular weight excluding hydrogens is 434 g/mol. The van der Waals surface area contributed by atoms with Gasteiger partial charge in [0.15, 0.2) is 16.4 Å². The maximum absolute atomic E-state index is 12.4. The minimum absolute atomic E-state index is 0.0349. The molecule has 1 saturated heterocycles. The maximum Gasteiger partial charge on any atom is 0.331 e. The van der Waals surface area contributed by atoms with Crippen molar-refractivity contribution < 1.29 is 31.2 Å². The van der Waals surface area contributed by atoms with E-state index in [0.717, 1.165) is 0 Å². The average molecular weight is 458 g/mol. The lowest BCUT2D eigenvalue weighted by Crippen LogP contribution is -2.43. The van der Waals surface area contributed by atoms with E-state index in [1.165, 1.54) is 17.9 Å². The Balaban J connectivity index is 1.62. The van der Waals surface area contributed by atoms with Crippen LogP contribution in [-0.2, 0) is 34.2 Å². The fourth-order valence-electron chi connectivity index (χ4n) is 3.47. The van der Waals surface area contributed by atoms with E-state index in [0.29, 0.717) is 18.5 Å². The average Bonchev–Trinajstić information content (AvgIpc) is 3.17. The Morgan fingerprint density at radius 3 is 2.60 bits per heavy atom. The molecule has 1 aromatic carbocycles. The zero-order chi connectivity index (χ0) is 22.1. The molecular formula is C18H23N3O7S2. The number of carbonyl (C=O) groups is 2. The molecule has 1 N–H and O–H groups in total. The molecule has 2 aliphatic rings. The van der Waals surface area contributed by atoms with Gasteiger partial charge in [0.2, 0.25) is 0 Å². The lowest BCUT2D eigenvalue weighted by molar-refractivity contribution is -0.153. The van der Waals surface area contributed by atoms with Crippen LogP contribution in [-0.4, -0.2) is 76.2 Å². The highest BCUT2D eigenvalue weighted by Crippen LogP contribution is 2.22. The molecule has 0 unspecified atom stereocenters. The molecule has 10 nitrogen and oxygen atoms in total. The fourth-order valence-corrected chi connectivity index (χ4v) is 6.44. The van der Waals surface area contributed by atoms with Crippen molar-refractivity contribution in [2.24, 2.45) is 4.99 Å². The topological polar surface area (TPSA) is 139 Å². The number of sulfonamides is 1. The van der Waals surface area contributed by atoms with Crippen molar-refractivity contribution in [3.8, 4) is 0 Å². The Hall–Kier alpha value is -2.47. The van der Waals surface area contributed by atoms with Crippen LogP contribution in [0.3, 0.4) is 0 Å². The molecule has 164 valence electrons. The maximum atomic E-state index is 12.4. The van der Waals surface area contributed by atoms with Gasteiger partial charge < -0.3 is 9.64 Å². The highest BCUT2D eigenvalue weighted by molar-refractivity contribution is 7.91. The monoisotopic (exact) mass is 457 g/mol. The number of nitrogens with one attached hydrogen (secondary N) is 1. The molecule has 2 heterocycles. The summed E-state index contributed by atoms with van der Waals surface area (Å²) >= 11 is 0. The van der Waals surface area contributed by atoms with Gasteiger partial charge in [-0.1, -0.05) is 12.1 Å². The molecule has 0 bridgehead atoms. The summed E-state index contributed by atoms with van der Waals surface area (Å²) in [7, 11) is -6.88. The van der Waals surface area contributed by atoms with E-state index in [9.17, 15) is 26.4 Å². The van der Waals surface area contributed by atoms with E-state index in [2.05, 4.69) is 9.71 Å². The highest BCUT2D eigenvalue weighted by Gasteiger charge is 2.35. The second-order valence-electron chi connectivity index (χ2n) is 7.10. The Labute approximate surface area is 175 Å². The third-order valence-corrected chi connectivity index (χ3v) is 8.12. The summed E-state index contributed by atoms with van der Waals surface area (Å²) in [5.74, 6) is -1.31. The summed E-state index contributed by atoms with van der Waals surface area (Å²) in [5, 5.41) is 0. The molecule has 1 aromatic rings. The molecule has 2 aliphatic heterocycles. The van der Waals surface area contributed by atoms with Crippen molar-refractivity contribution in [2.75, 3.05) is 24.7 Å². The van der Waals surface area contributed by atoms with E-state index in [4.69, 9.17) is 4.74 Å². The van der Waals surface area contributed by atoms with Gasteiger partial charge in [-0.15, -0.1) is 0 Å². The number of amidine groups is 1. The van der Waals surface area contributed by atoms with Gasteiger partial charge in [0.1, 0.15) is 11.9 Å². The summed E-state index contributed by atoms with van der Waals surface area (Å²) in [4.78, 5) is 30.3. The Morgan fingerprint density at radius 1 is 1.27 bits per heavy atom. The van der Waals surface area contributed by atoms with Crippen molar-refractivity contribution in [2.45, 2.75) is 37.2 Å². The van der Waals surface area contributed by atoms with Crippen molar-refractivity contribution in [3.63, 3.8) is 0 Å². The summed E-state index contributed by atoms with van der Waals surface area (Å²) < 4.78 is 54.9. The molecule has 0 radical (unpaired) electrons. The van der Waals surface area contributed by atoms with Crippen LogP contribution in [0.2, 0.25) is 0 Å². The Kier molecular flexibility index (Phi) is 6.18. The number of hydrogen-bond donors (Lipinski definition) is 1. The first-order chi connectivity index (χ1) is 14.0. The second kappa shape index (κ2) is 8.34. The molecule has 0 aromatic heterocycles. The van der Waals surface area contributed by atoms with Gasteiger partial charge in [0, 0.05) is 18.2 Å². The van der Waals surface area contributed by atoms with Crippen LogP contribution in [0.15, 0.2) is 34.2 Å². The molecule has 2 atom stereocenters. The molecule has 30 heavy (non-hydrogen) atoms. The van der Waals surface area contributed by atoms with E-state index in [1.807, 2.05) is 0 Å². The first-order valence-corrected chi connectivity index (χ1v) is 12.7. The summed E-state index contributed by atoms with van der Waals surface area (Å²) in [6.45, 7) is 2.91. The number of hydrogen-bond acceptors (Lipinski definition) is 8. The molecule has 12 heteroatoms. The predicted molar refractivity (Wildman–Crippen MR) is 108 cm³/mol. The minimum Gasteiger partial charge on any atom is -0.454 e. The van der Waals surface area contributed by atoms with Gasteiger partial charge in [-0.05, 0) is 32.4 Å². The molecule has 3 rings (SSSR count). The van der Waals surface area contributed by atoms with Crippen LogP contribution < -0.4 is 4.72 Å². The van der Waals surface area contributed by atoms with Crippen LogP contribution in [0.5, 0.6) is 0 Å². The number of benzene rings is 1. The zero-order valence-corrected chi connectivity index (χ0v) is 18.2. The van der Waals surface area contributed by atoms with Crippen molar-refractivity contribution >= 4 is 37.6 Å². The molecule has 0 saturated carbocycles. The largest absolute Gasteiger partial charge is 0.454 e. The molecule has 1 fully saturated rings. The van der Waals surface area contributed by atoms with E-state index in [-0.39, 0.29) is 22.2 Å². The second-order valence-corrected chi connectivity index (χ2v) is 11.0. The Bertz CT molecular complexity index is 1100. The number of fused-ring (bicyclic) bond motifs is 1. The molecule has 0 spiro atoms. The SMILES string of the molecule is CCN(C(=O)COC(=O)[C@H](C)N=C1NS(=O)(=O)c2ccccc21)[C@H]1CCS(=O)(=O)C1. The summed E-state index contributed by atoms with van der Waals surface area (Å²) in [6.07, 6.45) is 0.361. The van der Waals surface area contributed by atoms with Crippen molar-refractivity contribution in [1.82, 2.24) is 9.62 Å². The van der Waals surface area contributed by atoms with Crippen LogP contribution in [0.1, 0.15) is 25.8 Å². The van der Waals surface area contributed by atoms with Gasteiger partial charge in [-0.2, -0.15) is 0 Å². The number of likely N-dealkylation sites (N-methyl/N-ethyl adjacent to an activating group) is 1. The number of carbonyl (C=O) groups excluding carboxylic acids is 2. The van der Waals surface area contributed by atoms with Crippen LogP contribution in [0.25, 0.3) is 0 Å². The van der Waals surface area contributed by atoms with E-state index >= 15 is 0 Å². The number of ether oxygens (including phenoxy) is 1. The van der Waals surface area contributed by atoms with Crippen LogP contribution >= 0.6 is 0 Å². The minimum atomic E-state index is -3.73. The lowest BCUT2D eigenvalue weighted by Gasteiger charge is -2.26. The number of sulfone groups is 1. The van der Waals surface area contributed by atoms with Crippen LogP contribution in [0, 0.1) is 0 Å². The van der Waals surface area contributed by atoms with Crippen molar-refractivity contribution in [3.05, 3.63) is 29.8 Å². The number of esters is 1. The van der Waals surface area contributed by atoms with Crippen molar-refractivity contribution in [1.29, 1.82) is 0 Å². The fraction of sp³-hybridized carbons (Fsp3) is 0.500. The number of aliphatic imine (C=N–C) groups is 1. The quantitative estimate of drug-likeness (QED) is 0.578. The number of rotatable bonds is 6. The highest BCUT2D eigenvalue weighted by atomic mass is 32.2. The van der Waals surface area contributed by atoms with Gasteiger partial charge in [0.25, 0.3) is 15.9 Å². The standard InChI is InChI=1S/C18H23N3O7S2/c1-3-21(13-8-9-29(24,25)11-13)16(22)10-28-18(23)12(2)19-17-14-6-4-5-7-15(14)30(26,27)20-17/h4-7,12-13H,3,8-11H2,1-2H3,(H,19,20)/t12-,13-/m0/s1. The summed E-state index contributed by atoms with van der Waals surface area (Å²) in [5.41, 5.74) is 0.354. The van der Waals surface area contributed by atoms with E-state index in [1.54, 1.807) is 25.1 Å². The van der Waals surface area contributed by atoms with Gasteiger partial charge in [-0.25, -0.2) is 21.6 Å². The van der Waals surface area contributed by atoms with Gasteiger partial charge in [-0.3, -0.25) is 14.5 Å². The molecule has 1 amide bonds. The third kappa shape index (κ3) is 4.64. The first kappa shape index (κ1) is 22.2. The normalized spacial score (nSPS) is 23.4. The number of nitrogens with zero attached hydrogens (tertiary/aromatic N) is 2. The van der Waals surface area contributed by atoms with E-state index < -0.39 is 50.4 Å². The molecule has 0 aliphatic carbocycles. The van der Waals surface area contributed by atoms with Gasteiger partial charge >= 0.3 is 5.97 Å². The number of amides is 1. The third-order valence-electron chi connectivity index (χ3n) is 4.97. The lowest BCUT2D eigenvalue weighted by atomic mass is 10.2. The Morgan fingerprint density at radius 2 is 1.97 bits per heavy atom. The first-order valence-electron chi connectivity index (χ1n) is 9.40. The predicted octanol–water partition coefficient (Wildman–Crippen LogP) is -0.308. The summed E-state index contributed by atoms with van der Waals surface area (Å²) in [6, 6.07) is 4.77. The smallest absolute Gasteiger partial charge is 0.331 e. The zero-order valence-electron chi connectivity index (χ0n) is 16.6. The van der Waals surface area contributed by atoms with Gasteiger partial charge in [0.05, 0.1) is 16.4 Å².